The van der Waals surface area contributed by atoms with E-state index in [4.69, 9.17) is 19.6 Å². The Morgan fingerprint density at radius 1 is 0.833 bits per heavy atom. The van der Waals surface area contributed by atoms with E-state index >= 15 is 0 Å². The van der Waals surface area contributed by atoms with Crippen LogP contribution in [0.4, 0.5) is 0 Å². The highest BCUT2D eigenvalue weighted by atomic mass is 16.5. The van der Waals surface area contributed by atoms with E-state index in [1.807, 2.05) is 84.4 Å². The first kappa shape index (κ1) is 21.9. The molecule has 6 rings (SSSR count). The number of rotatable bonds is 5. The molecular formula is C29H24N4O3. The number of nitrogens with one attached hydrogen (secondary N) is 1. The van der Waals surface area contributed by atoms with Gasteiger partial charge in [-0.25, -0.2) is 9.67 Å². The zero-order valence-corrected chi connectivity index (χ0v) is 20.2. The van der Waals surface area contributed by atoms with Gasteiger partial charge in [0.05, 0.1) is 42.9 Å². The fraction of sp³-hybridized carbons (Fsp3) is 0.138. The van der Waals surface area contributed by atoms with Crippen LogP contribution in [0.25, 0.3) is 44.0 Å². The summed E-state index contributed by atoms with van der Waals surface area (Å²) in [6.45, 7) is 2.51. The van der Waals surface area contributed by atoms with Crippen molar-refractivity contribution in [3.05, 3.63) is 94.4 Å². The molecule has 0 bridgehead atoms. The Morgan fingerprint density at radius 3 is 2.19 bits per heavy atom. The van der Waals surface area contributed by atoms with Crippen LogP contribution in [0.3, 0.4) is 0 Å². The maximum absolute atomic E-state index is 13.5. The van der Waals surface area contributed by atoms with Crippen LogP contribution in [0.2, 0.25) is 0 Å². The molecule has 3 aromatic heterocycles. The quantitative estimate of drug-likeness (QED) is 0.334. The summed E-state index contributed by atoms with van der Waals surface area (Å²) >= 11 is 0. The number of para-hydroxylation sites is 1. The summed E-state index contributed by atoms with van der Waals surface area (Å²) in [4.78, 5) is 21.6. The highest BCUT2D eigenvalue weighted by molar-refractivity contribution is 6.21. The molecule has 3 aromatic carbocycles. The molecule has 0 unspecified atom stereocenters. The number of H-pyrrole nitrogens is 1. The summed E-state index contributed by atoms with van der Waals surface area (Å²) in [6, 6.07) is 23.4. The number of ether oxygens (including phenoxy) is 2. The lowest BCUT2D eigenvalue weighted by Crippen LogP contribution is -2.10. The minimum absolute atomic E-state index is 0.175. The van der Waals surface area contributed by atoms with E-state index in [-0.39, 0.29) is 5.56 Å². The van der Waals surface area contributed by atoms with Crippen molar-refractivity contribution in [3.63, 3.8) is 0 Å². The van der Waals surface area contributed by atoms with Crippen molar-refractivity contribution in [2.45, 2.75) is 13.5 Å². The second kappa shape index (κ2) is 8.53. The number of aryl methyl sites for hydroxylation is 1. The largest absolute Gasteiger partial charge is 0.497 e. The molecule has 0 saturated heterocycles. The molecule has 6 aromatic rings. The monoisotopic (exact) mass is 476 g/mol. The molecule has 1 N–H and O–H groups in total. The molecular weight excluding hydrogens is 452 g/mol. The summed E-state index contributed by atoms with van der Waals surface area (Å²) in [7, 11) is 3.28. The zero-order chi connectivity index (χ0) is 24.8. The lowest BCUT2D eigenvalue weighted by Gasteiger charge is -2.12. The lowest BCUT2D eigenvalue weighted by atomic mass is 9.99. The maximum atomic E-state index is 13.5. The first-order valence-electron chi connectivity index (χ1n) is 11.7. The molecule has 0 spiro atoms. The fourth-order valence-corrected chi connectivity index (χ4v) is 4.84. The number of pyridine rings is 2. The lowest BCUT2D eigenvalue weighted by molar-refractivity contribution is 0.414. The van der Waals surface area contributed by atoms with Crippen LogP contribution in [-0.2, 0) is 6.54 Å². The number of hydrogen-bond acceptors (Lipinski definition) is 5. The van der Waals surface area contributed by atoms with Gasteiger partial charge in [-0.2, -0.15) is 5.10 Å². The molecule has 178 valence electrons. The van der Waals surface area contributed by atoms with Gasteiger partial charge >= 0.3 is 0 Å². The predicted molar refractivity (Wildman–Crippen MR) is 142 cm³/mol. The summed E-state index contributed by atoms with van der Waals surface area (Å²) in [6.07, 6.45) is 0. The van der Waals surface area contributed by atoms with Gasteiger partial charge in [-0.05, 0) is 55.0 Å². The van der Waals surface area contributed by atoms with E-state index in [9.17, 15) is 4.79 Å². The van der Waals surface area contributed by atoms with E-state index < -0.39 is 0 Å². The third-order valence-electron chi connectivity index (χ3n) is 6.58. The van der Waals surface area contributed by atoms with E-state index in [0.717, 1.165) is 55.6 Å². The maximum Gasteiger partial charge on any atom is 0.258 e. The molecule has 7 heteroatoms. The van der Waals surface area contributed by atoms with Crippen molar-refractivity contribution in [1.29, 1.82) is 0 Å². The van der Waals surface area contributed by atoms with Crippen LogP contribution in [0, 0.1) is 6.92 Å². The van der Waals surface area contributed by atoms with Crippen molar-refractivity contribution in [2.24, 2.45) is 0 Å². The Hall–Kier alpha value is -4.65. The molecule has 0 saturated carbocycles. The highest BCUT2D eigenvalue weighted by Gasteiger charge is 2.21. The number of nitrogens with zero attached hydrogens (tertiary/aromatic N) is 3. The van der Waals surface area contributed by atoms with Gasteiger partial charge in [0, 0.05) is 21.9 Å². The third kappa shape index (κ3) is 3.48. The number of aromatic amines is 1. The SMILES string of the molecule is COc1ccc(Cn2nc(C)c3c4c(c(-c5ccc(OC)cc5)nc32)c(=O)[nH]c2ccccc24)cc1. The normalized spacial score (nSPS) is 11.4. The summed E-state index contributed by atoms with van der Waals surface area (Å²) in [5.41, 5.74) is 4.69. The number of methoxy groups -OCH3 is 2. The molecule has 0 aliphatic carbocycles. The van der Waals surface area contributed by atoms with E-state index in [0.29, 0.717) is 17.6 Å². The minimum Gasteiger partial charge on any atom is -0.497 e. The Kier molecular flexibility index (Phi) is 5.18. The minimum atomic E-state index is -0.175. The molecule has 0 aliphatic rings. The third-order valence-corrected chi connectivity index (χ3v) is 6.58. The van der Waals surface area contributed by atoms with Crippen molar-refractivity contribution < 1.29 is 9.47 Å². The van der Waals surface area contributed by atoms with Gasteiger partial charge in [-0.15, -0.1) is 0 Å². The molecule has 7 nitrogen and oxygen atoms in total. The molecule has 36 heavy (non-hydrogen) atoms. The fourth-order valence-electron chi connectivity index (χ4n) is 4.84. The summed E-state index contributed by atoms with van der Waals surface area (Å²) in [5.74, 6) is 1.54. The van der Waals surface area contributed by atoms with Gasteiger partial charge in [0.2, 0.25) is 0 Å². The highest BCUT2D eigenvalue weighted by Crippen LogP contribution is 2.36. The smallest absolute Gasteiger partial charge is 0.258 e. The molecule has 0 aliphatic heterocycles. The second-order valence-electron chi connectivity index (χ2n) is 8.73. The van der Waals surface area contributed by atoms with Crippen LogP contribution >= 0.6 is 0 Å². The summed E-state index contributed by atoms with van der Waals surface area (Å²) in [5, 5.41) is 8.13. The zero-order valence-electron chi connectivity index (χ0n) is 20.2. The van der Waals surface area contributed by atoms with Crippen LogP contribution in [-0.4, -0.2) is 34.0 Å². The van der Waals surface area contributed by atoms with Gasteiger partial charge in [-0.3, -0.25) is 4.79 Å². The van der Waals surface area contributed by atoms with Gasteiger partial charge in [0.15, 0.2) is 5.65 Å². The van der Waals surface area contributed by atoms with Crippen molar-refractivity contribution in [3.8, 4) is 22.8 Å². The molecule has 0 amide bonds. The molecule has 0 atom stereocenters. The Bertz CT molecular complexity index is 1800. The van der Waals surface area contributed by atoms with E-state index in [2.05, 4.69) is 4.98 Å². The first-order chi connectivity index (χ1) is 17.6. The first-order valence-corrected chi connectivity index (χ1v) is 11.7. The second-order valence-corrected chi connectivity index (χ2v) is 8.73. The van der Waals surface area contributed by atoms with Crippen molar-refractivity contribution in [1.82, 2.24) is 19.7 Å². The van der Waals surface area contributed by atoms with Crippen LogP contribution in [0.15, 0.2) is 77.6 Å². The molecule has 3 heterocycles. The van der Waals surface area contributed by atoms with E-state index in [1.165, 1.54) is 0 Å². The standard InChI is InChI=1S/C29H24N4O3/c1-17-24-25-22-6-4-5-7-23(22)30-29(34)26(25)27(19-10-14-21(36-3)15-11-19)31-28(24)33(32-17)16-18-8-12-20(35-2)13-9-18/h4-15H,16H2,1-3H3,(H,30,34). The Labute approximate surface area is 206 Å². The average Bonchev–Trinajstić information content (AvgIpc) is 3.23. The van der Waals surface area contributed by atoms with Crippen molar-refractivity contribution >= 4 is 32.7 Å². The summed E-state index contributed by atoms with van der Waals surface area (Å²) < 4.78 is 12.5. The predicted octanol–water partition coefficient (Wildman–Crippen LogP) is 5.47. The van der Waals surface area contributed by atoms with Gasteiger partial charge in [0.25, 0.3) is 5.56 Å². The van der Waals surface area contributed by atoms with Crippen LogP contribution < -0.4 is 15.0 Å². The Morgan fingerprint density at radius 2 is 1.50 bits per heavy atom. The Balaban J connectivity index is 1.69. The van der Waals surface area contributed by atoms with Gasteiger partial charge < -0.3 is 14.5 Å². The number of hydrogen-bond donors (Lipinski definition) is 1. The van der Waals surface area contributed by atoms with Crippen LogP contribution in [0.5, 0.6) is 11.5 Å². The van der Waals surface area contributed by atoms with Crippen molar-refractivity contribution in [2.75, 3.05) is 14.2 Å². The molecule has 0 radical (unpaired) electrons. The topological polar surface area (TPSA) is 82.0 Å². The molecule has 0 fully saturated rings. The average molecular weight is 477 g/mol. The number of benzene rings is 3. The van der Waals surface area contributed by atoms with E-state index in [1.54, 1.807) is 14.2 Å². The van der Waals surface area contributed by atoms with Gasteiger partial charge in [-0.1, -0.05) is 30.3 Å². The number of aromatic nitrogens is 4. The number of fused-ring (bicyclic) bond motifs is 5. The van der Waals surface area contributed by atoms with Gasteiger partial charge in [0.1, 0.15) is 11.5 Å². The van der Waals surface area contributed by atoms with Crippen LogP contribution in [0.1, 0.15) is 11.3 Å².